The summed E-state index contributed by atoms with van der Waals surface area (Å²) in [7, 11) is -4.84. The Balaban J connectivity index is 1.26. The van der Waals surface area contributed by atoms with Gasteiger partial charge in [-0.05, 0) is 84.7 Å². The third kappa shape index (κ3) is 55.6. The standard InChI is InChI=1S/C124H195N2O22P/c1-7-13-19-25-31-35-41-45-63-81-105(136-92-100-73-57-52-58-74-100)87-111(127)125-117-121(146-115(131)89-106(137-93-101-75-59-53-60-76-101)82-64-46-42-36-32-26-20-14-8-2)119(138-94-102-77-61-54-62-78-102)110(144-123(117)133)98-139-124-118(126-112(128)88-107(83-65-47-43-37-33-27-21-15-9-3)142-113(129)85-67-49-39-29-23-17-11-5)122(147-116(132)90-108(84-66-48-44-38-34-28-22-16-10-4)143-114(130)86-68-50-40-30-24-18-12-6)120(109(145-124)97-135-91-99-71-55-51-56-72-99)148-149(134)140-95-103-79-69-70-80-104(103)96-141-149/h51-62,69-80,105-110,117-124,133H,7-50,63-68,81-98H2,1-6H3,(H,125,127)(H,126,128)/t105-,106-,107-,108-,109-,110-,117-,118-,119-,120-,121-,122-,123+,124-/m1/s1. The number of aliphatic hydroxyl groups is 1. The van der Waals surface area contributed by atoms with Gasteiger partial charge in [-0.1, -0.05) is 482 Å². The molecule has 25 heteroatoms. The van der Waals surface area contributed by atoms with E-state index in [0.29, 0.717) is 68.1 Å². The van der Waals surface area contributed by atoms with E-state index in [1.165, 1.54) is 83.5 Å². The van der Waals surface area contributed by atoms with Crippen LogP contribution in [0, 0.1) is 0 Å². The zero-order valence-corrected chi connectivity index (χ0v) is 93.4. The Labute approximate surface area is 897 Å². The van der Waals surface area contributed by atoms with Crippen LogP contribution in [0.3, 0.4) is 0 Å². The Kier molecular flexibility index (Phi) is 68.5. The smallest absolute Gasteiger partial charge is 0.462 e. The molecule has 0 bridgehead atoms. The number of hydrogen-bond acceptors (Lipinski definition) is 22. The highest BCUT2D eigenvalue weighted by atomic mass is 31.2. The van der Waals surface area contributed by atoms with Crippen LogP contribution in [0.25, 0.3) is 0 Å². The highest BCUT2D eigenvalue weighted by Gasteiger charge is 2.56. The van der Waals surface area contributed by atoms with Gasteiger partial charge in [-0.3, -0.25) is 42.3 Å². The Hall–Kier alpha value is -7.29. The molecule has 3 N–H and O–H groups in total. The lowest BCUT2D eigenvalue weighted by Gasteiger charge is -2.47. The number of phosphoric acid groups is 1. The molecular formula is C124H195N2O22P. The molecule has 5 aromatic rings. The number of fused-ring (bicyclic) bond motifs is 1. The number of unbranched alkanes of at least 4 members (excludes halogenated alkanes) is 44. The number of nitrogens with one attached hydrogen (secondary N) is 2. The molecule has 24 nitrogen and oxygen atoms in total. The van der Waals surface area contributed by atoms with E-state index < -0.39 is 142 Å². The molecule has 3 heterocycles. The van der Waals surface area contributed by atoms with Crippen molar-refractivity contribution in [1.82, 2.24) is 10.6 Å². The zero-order valence-electron chi connectivity index (χ0n) is 92.5. The molecule has 0 saturated carbocycles. The molecule has 8 rings (SSSR count). The number of carbonyl (C=O) groups is 6. The fourth-order valence-electron chi connectivity index (χ4n) is 20.2. The number of esters is 4. The van der Waals surface area contributed by atoms with Gasteiger partial charge in [0.1, 0.15) is 48.7 Å². The molecule has 0 spiro atoms. The van der Waals surface area contributed by atoms with Gasteiger partial charge in [0, 0.05) is 12.8 Å². The molecule has 149 heavy (non-hydrogen) atoms. The summed E-state index contributed by atoms with van der Waals surface area (Å²) in [4.78, 5) is 92.1. The average Bonchev–Trinajstić information content (AvgIpc) is 1.52. The van der Waals surface area contributed by atoms with Crippen molar-refractivity contribution in [2.75, 3.05) is 13.2 Å². The van der Waals surface area contributed by atoms with Crippen molar-refractivity contribution in [2.45, 2.75) is 552 Å². The predicted molar refractivity (Wildman–Crippen MR) is 590 cm³/mol. The molecule has 0 radical (unpaired) electrons. The molecule has 2 amide bonds. The van der Waals surface area contributed by atoms with E-state index in [9.17, 15) is 14.7 Å². The lowest BCUT2D eigenvalue weighted by molar-refractivity contribution is -0.304. The molecule has 3 aliphatic rings. The molecule has 5 aromatic carbocycles. The molecule has 0 aromatic heterocycles. The second-order valence-electron chi connectivity index (χ2n) is 42.2. The molecule has 3 aliphatic heterocycles. The minimum atomic E-state index is -4.84. The number of ether oxygens (including phenoxy) is 11. The number of amides is 2. The summed E-state index contributed by atoms with van der Waals surface area (Å²) < 4.78 is 111. The van der Waals surface area contributed by atoms with Gasteiger partial charge in [0.25, 0.3) is 0 Å². The summed E-state index contributed by atoms with van der Waals surface area (Å²) in [5, 5.41) is 19.5. The number of benzene rings is 5. The summed E-state index contributed by atoms with van der Waals surface area (Å²) >= 11 is 0. The highest BCUT2D eigenvalue weighted by molar-refractivity contribution is 7.48. The number of aliphatic hydroxyl groups excluding tert-OH is 1. The van der Waals surface area contributed by atoms with E-state index in [-0.39, 0.29) is 78.4 Å². The van der Waals surface area contributed by atoms with Crippen molar-refractivity contribution < 1.29 is 104 Å². The quantitative estimate of drug-likeness (QED) is 0.0141. The number of carbonyl (C=O) groups excluding carboxylic acids is 6. The zero-order chi connectivity index (χ0) is 106. The fraction of sp³-hybridized carbons (Fsp3) is 0.710. The van der Waals surface area contributed by atoms with Crippen LogP contribution in [0.4, 0.5) is 0 Å². The van der Waals surface area contributed by atoms with Gasteiger partial charge < -0.3 is 67.8 Å². The normalized spacial score (nSPS) is 19.4. The van der Waals surface area contributed by atoms with Gasteiger partial charge in [-0.2, -0.15) is 0 Å². The maximum Gasteiger partial charge on any atom is 0.475 e. The van der Waals surface area contributed by atoms with E-state index in [1.807, 2.05) is 146 Å². The number of hydrogen-bond donors (Lipinski definition) is 3. The maximum atomic E-state index is 16.2. The van der Waals surface area contributed by atoms with Crippen molar-refractivity contribution in [3.05, 3.63) is 179 Å². The molecule has 0 unspecified atom stereocenters. The van der Waals surface area contributed by atoms with Crippen LogP contribution >= 0.6 is 7.82 Å². The van der Waals surface area contributed by atoms with Crippen LogP contribution in [0.15, 0.2) is 146 Å². The van der Waals surface area contributed by atoms with Crippen molar-refractivity contribution in [2.24, 2.45) is 0 Å². The van der Waals surface area contributed by atoms with Crippen molar-refractivity contribution in [1.29, 1.82) is 0 Å². The first-order valence-corrected chi connectivity index (χ1v) is 60.6. The SMILES string of the molecule is CCCCCCCCCCC[C@H](CC(=O)N[C@@H]1[C@@H](OC(=O)C[C@@H](CCCCCCCCCCC)OCc2ccccc2)[C@H](OCc2ccccc2)[C@@H](CO[C@@H]2O[C@H](COCc3ccccc3)[C@@H](OP3(=O)OCc4ccccc4CO3)[C@H](OC(=O)C[C@@H](CCCCCCCCCCC)OC(=O)CCCCCCCCC)[C@H]2NC(=O)C[C@@H](CCCCCCCCCCC)OC(=O)CCCCCCCCC)O[C@@H]1O)OCc1ccccc1. The molecule has 2 saturated heterocycles. The second kappa shape index (κ2) is 80.5. The monoisotopic (exact) mass is 2100 g/mol. The topological polar surface area (TPSA) is 293 Å². The number of rotatable bonds is 88. The van der Waals surface area contributed by atoms with Gasteiger partial charge in [0.05, 0.1) is 90.7 Å². The summed E-state index contributed by atoms with van der Waals surface area (Å²) in [5.41, 5.74) is 4.72. The van der Waals surface area contributed by atoms with Crippen LogP contribution in [0.1, 0.15) is 460 Å². The first-order chi connectivity index (χ1) is 73.0. The van der Waals surface area contributed by atoms with Gasteiger partial charge in [-0.25, -0.2) is 4.57 Å². The Bertz CT molecular complexity index is 4260. The third-order valence-corrected chi connectivity index (χ3v) is 30.5. The fourth-order valence-corrected chi connectivity index (χ4v) is 21.5. The Morgan fingerprint density at radius 1 is 0.322 bits per heavy atom. The molecule has 2 fully saturated rings. The summed E-state index contributed by atoms with van der Waals surface area (Å²) in [6, 6.07) is 42.6. The summed E-state index contributed by atoms with van der Waals surface area (Å²) in [5.74, 6) is -3.63. The minimum absolute atomic E-state index is 0.0121. The van der Waals surface area contributed by atoms with Gasteiger partial charge in [0.15, 0.2) is 24.8 Å². The van der Waals surface area contributed by atoms with E-state index in [0.717, 1.165) is 229 Å². The van der Waals surface area contributed by atoms with Crippen LogP contribution in [0.2, 0.25) is 0 Å². The predicted octanol–water partition coefficient (Wildman–Crippen LogP) is 29.8. The highest BCUT2D eigenvalue weighted by Crippen LogP contribution is 2.56. The van der Waals surface area contributed by atoms with Crippen LogP contribution in [0.5, 0.6) is 0 Å². The number of phosphoric ester groups is 1. The van der Waals surface area contributed by atoms with Crippen molar-refractivity contribution in [3.63, 3.8) is 0 Å². The molecule has 838 valence electrons. The molecular weight excluding hydrogens is 1900 g/mol. The Morgan fingerprint density at radius 3 is 1.03 bits per heavy atom. The molecule has 0 aliphatic carbocycles. The van der Waals surface area contributed by atoms with Crippen molar-refractivity contribution >= 4 is 43.5 Å². The van der Waals surface area contributed by atoms with E-state index >= 15 is 23.7 Å². The second-order valence-corrected chi connectivity index (χ2v) is 43.8. The largest absolute Gasteiger partial charge is 0.475 e. The van der Waals surface area contributed by atoms with Crippen LogP contribution in [-0.2, 0) is 139 Å². The summed E-state index contributed by atoms with van der Waals surface area (Å²) in [6.07, 6.45) is 36.6. The van der Waals surface area contributed by atoms with Crippen LogP contribution < -0.4 is 10.6 Å². The lowest BCUT2D eigenvalue weighted by atomic mass is 9.94. The third-order valence-electron chi connectivity index (χ3n) is 29.1. The van der Waals surface area contributed by atoms with Gasteiger partial charge in [0.2, 0.25) is 11.8 Å². The minimum Gasteiger partial charge on any atom is -0.462 e. The average molecular weight is 2100 g/mol. The summed E-state index contributed by atoms with van der Waals surface area (Å²) in [6.45, 7) is 12.2. The maximum absolute atomic E-state index is 16.2. The van der Waals surface area contributed by atoms with Gasteiger partial charge in [-0.15, -0.1) is 0 Å². The first kappa shape index (κ1) is 127. The molecule has 14 atom stereocenters. The van der Waals surface area contributed by atoms with Crippen molar-refractivity contribution in [3.8, 4) is 0 Å². The lowest BCUT2D eigenvalue weighted by Crippen LogP contribution is -2.68. The van der Waals surface area contributed by atoms with Crippen LogP contribution in [-0.4, -0.2) is 140 Å². The van der Waals surface area contributed by atoms with E-state index in [4.69, 9.17) is 65.7 Å². The van der Waals surface area contributed by atoms with E-state index in [2.05, 4.69) is 52.2 Å². The Morgan fingerprint density at radius 2 is 0.631 bits per heavy atom. The first-order valence-electron chi connectivity index (χ1n) is 59.2. The van der Waals surface area contributed by atoms with E-state index in [1.54, 1.807) is 0 Å². The van der Waals surface area contributed by atoms with Gasteiger partial charge >= 0.3 is 31.7 Å².